The summed E-state index contributed by atoms with van der Waals surface area (Å²) < 4.78 is 0.825. The van der Waals surface area contributed by atoms with E-state index in [1.807, 2.05) is 42.5 Å². The number of carbonyl (C=O) groups is 1. The topological polar surface area (TPSA) is 45.2 Å². The van der Waals surface area contributed by atoms with Crippen molar-refractivity contribution in [3.05, 3.63) is 58.3 Å². The summed E-state index contributed by atoms with van der Waals surface area (Å²) in [7, 11) is 1.80. The zero-order chi connectivity index (χ0) is 15.2. The fourth-order valence-corrected chi connectivity index (χ4v) is 2.31. The van der Waals surface area contributed by atoms with E-state index in [1.165, 1.54) is 0 Å². The molecule has 1 N–H and O–H groups in total. The standard InChI is InChI=1S/C16H18BrN3O/c1-12(21)20(2)11-13-6-3-4-8-15(13)18-10-14-7-5-9-16(17)19-14/h3-9,18H,10-11H2,1-2H3. The Hall–Kier alpha value is -1.88. The van der Waals surface area contributed by atoms with Crippen LogP contribution in [0.4, 0.5) is 5.69 Å². The highest BCUT2D eigenvalue weighted by Gasteiger charge is 2.07. The van der Waals surface area contributed by atoms with E-state index in [0.717, 1.165) is 21.5 Å². The number of para-hydroxylation sites is 1. The maximum Gasteiger partial charge on any atom is 0.219 e. The molecule has 1 heterocycles. The van der Waals surface area contributed by atoms with Crippen LogP contribution in [0.3, 0.4) is 0 Å². The van der Waals surface area contributed by atoms with Gasteiger partial charge in [-0.2, -0.15) is 0 Å². The number of rotatable bonds is 5. The Balaban J connectivity index is 2.08. The van der Waals surface area contributed by atoms with E-state index in [1.54, 1.807) is 18.9 Å². The predicted octanol–water partition coefficient (Wildman–Crippen LogP) is 3.43. The molecule has 0 saturated carbocycles. The zero-order valence-corrected chi connectivity index (χ0v) is 13.7. The van der Waals surface area contributed by atoms with Crippen molar-refractivity contribution >= 4 is 27.5 Å². The molecular formula is C16H18BrN3O. The van der Waals surface area contributed by atoms with Gasteiger partial charge < -0.3 is 10.2 Å². The second kappa shape index (κ2) is 7.22. The number of amides is 1. The van der Waals surface area contributed by atoms with Crippen molar-refractivity contribution in [2.24, 2.45) is 0 Å². The summed E-state index contributed by atoms with van der Waals surface area (Å²) in [6, 6.07) is 13.8. The summed E-state index contributed by atoms with van der Waals surface area (Å²) in [4.78, 5) is 17.5. The second-order valence-electron chi connectivity index (χ2n) is 4.84. The molecule has 0 atom stereocenters. The third kappa shape index (κ3) is 4.56. The number of hydrogen-bond donors (Lipinski definition) is 1. The number of carbonyl (C=O) groups excluding carboxylic acids is 1. The lowest BCUT2D eigenvalue weighted by Crippen LogP contribution is -2.23. The van der Waals surface area contributed by atoms with Gasteiger partial charge in [-0.1, -0.05) is 24.3 Å². The quantitative estimate of drug-likeness (QED) is 0.842. The first-order valence-electron chi connectivity index (χ1n) is 6.71. The van der Waals surface area contributed by atoms with Crippen LogP contribution in [0.5, 0.6) is 0 Å². The van der Waals surface area contributed by atoms with Crippen LogP contribution in [0, 0.1) is 0 Å². The highest BCUT2D eigenvalue weighted by molar-refractivity contribution is 9.10. The van der Waals surface area contributed by atoms with Crippen LogP contribution in [0.25, 0.3) is 0 Å². The summed E-state index contributed by atoms with van der Waals surface area (Å²) >= 11 is 3.37. The average molecular weight is 348 g/mol. The summed E-state index contributed by atoms with van der Waals surface area (Å²) in [5, 5.41) is 3.38. The van der Waals surface area contributed by atoms with Gasteiger partial charge in [-0.3, -0.25) is 4.79 Å². The van der Waals surface area contributed by atoms with Gasteiger partial charge in [0, 0.05) is 26.2 Å². The molecule has 0 bridgehead atoms. The monoisotopic (exact) mass is 347 g/mol. The molecule has 0 saturated heterocycles. The molecule has 0 radical (unpaired) electrons. The first-order chi connectivity index (χ1) is 10.1. The average Bonchev–Trinajstić information content (AvgIpc) is 2.46. The maximum atomic E-state index is 11.4. The van der Waals surface area contributed by atoms with Crippen molar-refractivity contribution in [2.75, 3.05) is 12.4 Å². The van der Waals surface area contributed by atoms with E-state index in [0.29, 0.717) is 13.1 Å². The van der Waals surface area contributed by atoms with E-state index in [2.05, 4.69) is 26.2 Å². The first kappa shape index (κ1) is 15.5. The Morgan fingerprint density at radius 2 is 2.00 bits per heavy atom. The highest BCUT2D eigenvalue weighted by Crippen LogP contribution is 2.18. The van der Waals surface area contributed by atoms with Gasteiger partial charge in [0.1, 0.15) is 4.60 Å². The minimum Gasteiger partial charge on any atom is -0.379 e. The minimum atomic E-state index is 0.0541. The fraction of sp³-hybridized carbons (Fsp3) is 0.250. The molecule has 0 aliphatic heterocycles. The molecule has 2 aromatic rings. The lowest BCUT2D eigenvalue weighted by molar-refractivity contribution is -0.128. The second-order valence-corrected chi connectivity index (χ2v) is 5.65. The summed E-state index contributed by atoms with van der Waals surface area (Å²) in [5.74, 6) is 0.0541. The van der Waals surface area contributed by atoms with Crippen molar-refractivity contribution in [2.45, 2.75) is 20.0 Å². The first-order valence-corrected chi connectivity index (χ1v) is 7.50. The van der Waals surface area contributed by atoms with Gasteiger partial charge in [-0.25, -0.2) is 4.98 Å². The number of pyridine rings is 1. The van der Waals surface area contributed by atoms with Crippen molar-refractivity contribution in [1.29, 1.82) is 0 Å². The Labute approximate surface area is 133 Å². The minimum absolute atomic E-state index is 0.0541. The molecule has 21 heavy (non-hydrogen) atoms. The Morgan fingerprint density at radius 1 is 1.24 bits per heavy atom. The third-order valence-electron chi connectivity index (χ3n) is 3.20. The lowest BCUT2D eigenvalue weighted by Gasteiger charge is -2.18. The van der Waals surface area contributed by atoms with Crippen molar-refractivity contribution in [1.82, 2.24) is 9.88 Å². The normalized spacial score (nSPS) is 10.2. The molecule has 0 aliphatic carbocycles. The van der Waals surface area contributed by atoms with Gasteiger partial charge in [0.25, 0.3) is 0 Å². The number of nitrogens with one attached hydrogen (secondary N) is 1. The molecular weight excluding hydrogens is 330 g/mol. The maximum absolute atomic E-state index is 11.4. The Bertz CT molecular complexity index is 630. The van der Waals surface area contributed by atoms with Gasteiger partial charge in [0.15, 0.2) is 0 Å². The number of nitrogens with zero attached hydrogens (tertiary/aromatic N) is 2. The molecule has 110 valence electrons. The number of hydrogen-bond acceptors (Lipinski definition) is 3. The molecule has 5 heteroatoms. The SMILES string of the molecule is CC(=O)N(C)Cc1ccccc1NCc1cccc(Br)n1. The summed E-state index contributed by atoms with van der Waals surface area (Å²) in [5.41, 5.74) is 3.07. The highest BCUT2D eigenvalue weighted by atomic mass is 79.9. The van der Waals surface area contributed by atoms with Gasteiger partial charge in [0.05, 0.1) is 12.2 Å². The largest absolute Gasteiger partial charge is 0.379 e. The molecule has 0 unspecified atom stereocenters. The van der Waals surface area contributed by atoms with Crippen molar-refractivity contribution in [3.63, 3.8) is 0 Å². The third-order valence-corrected chi connectivity index (χ3v) is 3.64. The van der Waals surface area contributed by atoms with Crippen LogP contribution in [0.2, 0.25) is 0 Å². The lowest BCUT2D eigenvalue weighted by atomic mass is 10.1. The van der Waals surface area contributed by atoms with Crippen molar-refractivity contribution in [3.8, 4) is 0 Å². The van der Waals surface area contributed by atoms with E-state index in [4.69, 9.17) is 0 Å². The van der Waals surface area contributed by atoms with Crippen LogP contribution in [0.1, 0.15) is 18.2 Å². The number of benzene rings is 1. The van der Waals surface area contributed by atoms with E-state index < -0.39 is 0 Å². The van der Waals surface area contributed by atoms with Gasteiger partial charge in [-0.05, 0) is 39.7 Å². The van der Waals surface area contributed by atoms with Crippen LogP contribution in [-0.4, -0.2) is 22.8 Å². The molecule has 0 spiro atoms. The van der Waals surface area contributed by atoms with Crippen LogP contribution in [-0.2, 0) is 17.9 Å². The molecule has 1 amide bonds. The summed E-state index contributed by atoms with van der Waals surface area (Å²) in [6.45, 7) is 2.80. The van der Waals surface area contributed by atoms with E-state index in [9.17, 15) is 4.79 Å². The summed E-state index contributed by atoms with van der Waals surface area (Å²) in [6.07, 6.45) is 0. The zero-order valence-electron chi connectivity index (χ0n) is 12.1. The predicted molar refractivity (Wildman–Crippen MR) is 87.9 cm³/mol. The number of anilines is 1. The van der Waals surface area contributed by atoms with E-state index >= 15 is 0 Å². The number of aromatic nitrogens is 1. The fourth-order valence-electron chi connectivity index (χ4n) is 1.93. The molecule has 1 aromatic heterocycles. The molecule has 4 nitrogen and oxygen atoms in total. The van der Waals surface area contributed by atoms with E-state index in [-0.39, 0.29) is 5.91 Å². The molecule has 1 aromatic carbocycles. The van der Waals surface area contributed by atoms with Crippen molar-refractivity contribution < 1.29 is 4.79 Å². The number of halogens is 1. The smallest absolute Gasteiger partial charge is 0.219 e. The van der Waals surface area contributed by atoms with Gasteiger partial charge in [-0.15, -0.1) is 0 Å². The van der Waals surface area contributed by atoms with Gasteiger partial charge in [0.2, 0.25) is 5.91 Å². The van der Waals surface area contributed by atoms with Gasteiger partial charge >= 0.3 is 0 Å². The van der Waals surface area contributed by atoms with Crippen LogP contribution < -0.4 is 5.32 Å². The molecule has 0 aliphatic rings. The Morgan fingerprint density at radius 3 is 2.71 bits per heavy atom. The van der Waals surface area contributed by atoms with Crippen LogP contribution in [0.15, 0.2) is 47.1 Å². The Kier molecular flexibility index (Phi) is 5.33. The molecule has 2 rings (SSSR count). The van der Waals surface area contributed by atoms with Crippen LogP contribution >= 0.6 is 15.9 Å². The molecule has 0 fully saturated rings.